The molecule has 2 fully saturated rings. The fourth-order valence-electron chi connectivity index (χ4n) is 4.34. The van der Waals surface area contributed by atoms with Gasteiger partial charge in [0, 0.05) is 11.6 Å². The molecule has 1 aliphatic carbocycles. The second-order valence-electron chi connectivity index (χ2n) is 6.96. The van der Waals surface area contributed by atoms with Crippen molar-refractivity contribution in [2.24, 2.45) is 5.92 Å². The van der Waals surface area contributed by atoms with Crippen molar-refractivity contribution in [2.75, 3.05) is 11.9 Å². The Balaban J connectivity index is 1.65. The van der Waals surface area contributed by atoms with Crippen molar-refractivity contribution in [1.82, 2.24) is 4.90 Å². The van der Waals surface area contributed by atoms with Crippen LogP contribution in [0.3, 0.4) is 0 Å². The lowest BCUT2D eigenvalue weighted by Gasteiger charge is -2.33. The molecule has 1 saturated heterocycles. The van der Waals surface area contributed by atoms with Crippen LogP contribution in [0, 0.1) is 5.92 Å². The van der Waals surface area contributed by atoms with Gasteiger partial charge in [-0.1, -0.05) is 12.8 Å². The topological polar surface area (TPSA) is 95.9 Å². The van der Waals surface area contributed by atoms with E-state index in [0.717, 1.165) is 25.7 Å². The largest absolute Gasteiger partial charge is 0.482 e. The van der Waals surface area contributed by atoms with Gasteiger partial charge in [-0.05, 0) is 43.4 Å². The number of carbonyl (C=O) groups excluding carboxylic acids is 2. The lowest BCUT2D eigenvalue weighted by atomic mass is 9.84. The third kappa shape index (κ3) is 2.73. The summed E-state index contributed by atoms with van der Waals surface area (Å²) in [5, 5.41) is 12.3. The molecular weight excluding hydrogens is 324 g/mol. The molecule has 2 amide bonds. The fraction of sp³-hybridized carbons (Fsp3) is 0.500. The number of anilines is 1. The number of benzene rings is 1. The van der Waals surface area contributed by atoms with E-state index in [4.69, 9.17) is 4.74 Å². The van der Waals surface area contributed by atoms with E-state index in [0.29, 0.717) is 23.4 Å². The predicted molar refractivity (Wildman–Crippen MR) is 88.5 cm³/mol. The summed E-state index contributed by atoms with van der Waals surface area (Å²) in [6.07, 6.45) is 4.47. The highest BCUT2D eigenvalue weighted by Gasteiger charge is 2.47. The van der Waals surface area contributed by atoms with Gasteiger partial charge in [0.2, 0.25) is 0 Å². The van der Waals surface area contributed by atoms with E-state index in [-0.39, 0.29) is 30.4 Å². The predicted octanol–water partition coefficient (Wildman–Crippen LogP) is 1.88. The van der Waals surface area contributed by atoms with Gasteiger partial charge in [0.15, 0.2) is 6.61 Å². The van der Waals surface area contributed by atoms with Crippen LogP contribution < -0.4 is 10.1 Å². The second kappa shape index (κ2) is 6.06. The van der Waals surface area contributed by atoms with E-state index in [1.54, 1.807) is 23.1 Å². The van der Waals surface area contributed by atoms with Gasteiger partial charge in [0.25, 0.3) is 11.8 Å². The van der Waals surface area contributed by atoms with Crippen molar-refractivity contribution in [1.29, 1.82) is 0 Å². The van der Waals surface area contributed by atoms with Crippen molar-refractivity contribution >= 4 is 23.5 Å². The monoisotopic (exact) mass is 344 g/mol. The van der Waals surface area contributed by atoms with E-state index in [2.05, 4.69) is 5.32 Å². The summed E-state index contributed by atoms with van der Waals surface area (Å²) < 4.78 is 5.31. The maximum absolute atomic E-state index is 13.1. The Morgan fingerprint density at radius 2 is 2.04 bits per heavy atom. The van der Waals surface area contributed by atoms with Crippen LogP contribution in [0.5, 0.6) is 5.75 Å². The highest BCUT2D eigenvalue weighted by molar-refractivity contribution is 6.01. The fourth-order valence-corrected chi connectivity index (χ4v) is 4.34. The normalized spacial score (nSPS) is 27.8. The zero-order chi connectivity index (χ0) is 17.6. The average molecular weight is 344 g/mol. The SMILES string of the molecule is O=C1COc2ccc(C(=O)N3[C@H](C(=O)O)C[C@@H]4CCCC[C@@H]43)cc2N1. The maximum atomic E-state index is 13.1. The number of hydrogen-bond donors (Lipinski definition) is 2. The maximum Gasteiger partial charge on any atom is 0.326 e. The Morgan fingerprint density at radius 1 is 1.24 bits per heavy atom. The molecule has 132 valence electrons. The van der Waals surface area contributed by atoms with Crippen LogP contribution in [-0.4, -0.2) is 46.5 Å². The molecule has 7 heteroatoms. The molecule has 4 rings (SSSR count). The lowest BCUT2D eigenvalue weighted by Crippen LogP contribution is -2.46. The molecule has 7 nitrogen and oxygen atoms in total. The minimum atomic E-state index is -0.947. The molecule has 1 aromatic rings. The van der Waals surface area contributed by atoms with E-state index in [1.165, 1.54) is 0 Å². The number of carboxylic acid groups (broad SMARTS) is 1. The summed E-state index contributed by atoms with van der Waals surface area (Å²) in [7, 11) is 0. The Labute approximate surface area is 144 Å². The van der Waals surface area contributed by atoms with Crippen molar-refractivity contribution < 1.29 is 24.2 Å². The van der Waals surface area contributed by atoms with Gasteiger partial charge >= 0.3 is 5.97 Å². The molecular formula is C18H20N2O5. The van der Waals surface area contributed by atoms with Crippen LogP contribution >= 0.6 is 0 Å². The Morgan fingerprint density at radius 3 is 2.84 bits per heavy atom. The number of hydrogen-bond acceptors (Lipinski definition) is 4. The molecule has 0 spiro atoms. The number of fused-ring (bicyclic) bond motifs is 2. The van der Waals surface area contributed by atoms with Crippen molar-refractivity contribution in [3.8, 4) is 5.75 Å². The quantitative estimate of drug-likeness (QED) is 0.854. The number of carbonyl (C=O) groups is 3. The molecule has 0 unspecified atom stereocenters. The van der Waals surface area contributed by atoms with E-state index in [1.807, 2.05) is 0 Å². The van der Waals surface area contributed by atoms with Gasteiger partial charge in [-0.15, -0.1) is 0 Å². The lowest BCUT2D eigenvalue weighted by molar-refractivity contribution is -0.141. The standard InChI is InChI=1S/C18H20N2O5/c21-16-9-25-15-6-5-11(7-12(15)19-16)17(22)20-13-4-2-1-3-10(13)8-14(20)18(23)24/h5-7,10,13-14H,1-4,8-9H2,(H,19,21)(H,23,24)/t10-,13-,14-/m0/s1. The first-order chi connectivity index (χ1) is 12.0. The van der Waals surface area contributed by atoms with Crippen LogP contribution in [0.2, 0.25) is 0 Å². The van der Waals surface area contributed by atoms with Crippen LogP contribution in [-0.2, 0) is 9.59 Å². The number of carboxylic acids is 1. The molecule has 3 aliphatic rings. The Bertz CT molecular complexity index is 747. The zero-order valence-electron chi connectivity index (χ0n) is 13.7. The summed E-state index contributed by atoms with van der Waals surface area (Å²) in [5.41, 5.74) is 0.829. The second-order valence-corrected chi connectivity index (χ2v) is 6.96. The third-order valence-electron chi connectivity index (χ3n) is 5.47. The molecule has 0 bridgehead atoms. The molecule has 25 heavy (non-hydrogen) atoms. The molecule has 1 saturated carbocycles. The van der Waals surface area contributed by atoms with Crippen molar-refractivity contribution in [2.45, 2.75) is 44.2 Å². The number of likely N-dealkylation sites (tertiary alicyclic amines) is 1. The van der Waals surface area contributed by atoms with Gasteiger partial charge in [-0.25, -0.2) is 4.79 Å². The molecule has 2 aliphatic heterocycles. The number of amides is 2. The highest BCUT2D eigenvalue weighted by Crippen LogP contribution is 2.41. The summed E-state index contributed by atoms with van der Waals surface area (Å²) >= 11 is 0. The molecule has 1 aromatic carbocycles. The van der Waals surface area contributed by atoms with Gasteiger partial charge in [0.1, 0.15) is 11.8 Å². The number of rotatable bonds is 2. The van der Waals surface area contributed by atoms with Gasteiger partial charge in [-0.3, -0.25) is 9.59 Å². The zero-order valence-corrected chi connectivity index (χ0v) is 13.7. The Hall–Kier alpha value is -2.57. The third-order valence-corrected chi connectivity index (χ3v) is 5.47. The van der Waals surface area contributed by atoms with E-state index in [9.17, 15) is 19.5 Å². The van der Waals surface area contributed by atoms with Gasteiger partial charge < -0.3 is 20.1 Å². The average Bonchev–Trinajstić information content (AvgIpc) is 3.00. The summed E-state index contributed by atoms with van der Waals surface area (Å²) in [5.74, 6) is -0.724. The van der Waals surface area contributed by atoms with Crippen molar-refractivity contribution in [3.63, 3.8) is 0 Å². The van der Waals surface area contributed by atoms with E-state index >= 15 is 0 Å². The van der Waals surface area contributed by atoms with Crippen LogP contribution in [0.15, 0.2) is 18.2 Å². The number of aliphatic carboxylic acids is 1. The minimum Gasteiger partial charge on any atom is -0.482 e. The number of ether oxygens (including phenoxy) is 1. The summed E-state index contributed by atoms with van der Waals surface area (Å²) in [4.78, 5) is 37.8. The Kier molecular flexibility index (Phi) is 3.86. The smallest absolute Gasteiger partial charge is 0.326 e. The number of nitrogens with one attached hydrogen (secondary N) is 1. The van der Waals surface area contributed by atoms with E-state index < -0.39 is 12.0 Å². The van der Waals surface area contributed by atoms with Gasteiger partial charge in [0.05, 0.1) is 5.69 Å². The van der Waals surface area contributed by atoms with Crippen molar-refractivity contribution in [3.05, 3.63) is 23.8 Å². The molecule has 3 atom stereocenters. The minimum absolute atomic E-state index is 0.00998. The molecule has 0 radical (unpaired) electrons. The molecule has 2 heterocycles. The summed E-state index contributed by atoms with van der Waals surface area (Å²) in [6, 6.07) is 4.07. The first-order valence-electron chi connectivity index (χ1n) is 8.67. The summed E-state index contributed by atoms with van der Waals surface area (Å²) in [6.45, 7) is -0.0444. The van der Waals surface area contributed by atoms with Crippen LogP contribution in [0.1, 0.15) is 42.5 Å². The number of nitrogens with zero attached hydrogens (tertiary/aromatic N) is 1. The first kappa shape index (κ1) is 15.9. The van der Waals surface area contributed by atoms with Gasteiger partial charge in [-0.2, -0.15) is 0 Å². The highest BCUT2D eigenvalue weighted by atomic mass is 16.5. The molecule has 0 aromatic heterocycles. The molecule has 2 N–H and O–H groups in total. The first-order valence-corrected chi connectivity index (χ1v) is 8.67. The van der Waals surface area contributed by atoms with Crippen LogP contribution in [0.25, 0.3) is 0 Å². The van der Waals surface area contributed by atoms with Crippen LogP contribution in [0.4, 0.5) is 5.69 Å².